The van der Waals surface area contributed by atoms with Gasteiger partial charge in [0.15, 0.2) is 27.1 Å². The van der Waals surface area contributed by atoms with Crippen molar-refractivity contribution in [1.29, 1.82) is 0 Å². The van der Waals surface area contributed by atoms with Crippen LogP contribution in [0, 0.1) is 0 Å². The quantitative estimate of drug-likeness (QED) is 0.791. The molecule has 0 fully saturated rings. The van der Waals surface area contributed by atoms with Gasteiger partial charge in [-0.05, 0) is 12.1 Å². The van der Waals surface area contributed by atoms with Gasteiger partial charge in [0.1, 0.15) is 17.0 Å². The maximum absolute atomic E-state index is 11.5. The molecule has 110 valence electrons. The van der Waals surface area contributed by atoms with Crippen LogP contribution in [-0.4, -0.2) is 43.7 Å². The zero-order chi connectivity index (χ0) is 15.2. The van der Waals surface area contributed by atoms with Crippen molar-refractivity contribution in [1.82, 2.24) is 15.0 Å². The SMILES string of the molecule is CN(C)c1ccc2[nH]c(-c3cc(S(C)(=O)=O)co3)nc2n1. The van der Waals surface area contributed by atoms with Crippen LogP contribution in [0.2, 0.25) is 0 Å². The summed E-state index contributed by atoms with van der Waals surface area (Å²) in [6.07, 6.45) is 2.34. The summed E-state index contributed by atoms with van der Waals surface area (Å²) in [4.78, 5) is 13.8. The Balaban J connectivity index is 2.07. The third kappa shape index (κ3) is 2.49. The number of nitrogens with zero attached hydrogens (tertiary/aromatic N) is 3. The third-order valence-electron chi connectivity index (χ3n) is 3.03. The Morgan fingerprint density at radius 3 is 2.62 bits per heavy atom. The van der Waals surface area contributed by atoms with Crippen molar-refractivity contribution in [3.05, 3.63) is 24.5 Å². The first-order valence-corrected chi connectivity index (χ1v) is 8.07. The zero-order valence-electron chi connectivity index (χ0n) is 11.8. The molecular weight excluding hydrogens is 292 g/mol. The van der Waals surface area contributed by atoms with Crippen LogP contribution < -0.4 is 4.90 Å². The molecule has 0 spiro atoms. The molecule has 0 atom stereocenters. The number of furan rings is 1. The molecule has 0 amide bonds. The van der Waals surface area contributed by atoms with E-state index < -0.39 is 9.84 Å². The standard InChI is InChI=1S/C13H14N4O3S/c1-17(2)11-5-4-9-12(15-11)16-13(14-9)10-6-8(7-20-10)21(3,18)19/h4-7H,1-3H3,(H,14,15,16). The third-order valence-corrected chi connectivity index (χ3v) is 4.10. The number of sulfone groups is 1. The van der Waals surface area contributed by atoms with Crippen molar-refractivity contribution in [2.75, 3.05) is 25.3 Å². The van der Waals surface area contributed by atoms with Crippen molar-refractivity contribution < 1.29 is 12.8 Å². The first kappa shape index (κ1) is 13.6. The number of rotatable bonds is 3. The van der Waals surface area contributed by atoms with Gasteiger partial charge in [-0.15, -0.1) is 0 Å². The average Bonchev–Trinajstić information content (AvgIpc) is 3.03. The molecule has 7 nitrogen and oxygen atoms in total. The molecule has 3 aromatic heterocycles. The molecule has 0 radical (unpaired) electrons. The summed E-state index contributed by atoms with van der Waals surface area (Å²) in [5, 5.41) is 0. The number of aromatic amines is 1. The number of nitrogens with one attached hydrogen (secondary N) is 1. The number of hydrogen-bond donors (Lipinski definition) is 1. The number of aromatic nitrogens is 3. The molecule has 0 unspecified atom stereocenters. The highest BCUT2D eigenvalue weighted by atomic mass is 32.2. The predicted octanol–water partition coefficient (Wildman–Crippen LogP) is 1.69. The van der Waals surface area contributed by atoms with E-state index in [0.717, 1.165) is 17.6 Å². The number of pyridine rings is 1. The molecular formula is C13H14N4O3S. The topological polar surface area (TPSA) is 92.1 Å². The van der Waals surface area contributed by atoms with Crippen LogP contribution in [0.3, 0.4) is 0 Å². The summed E-state index contributed by atoms with van der Waals surface area (Å²) in [5.74, 6) is 1.60. The molecule has 0 aromatic carbocycles. The molecule has 0 saturated carbocycles. The Morgan fingerprint density at radius 1 is 1.24 bits per heavy atom. The second kappa shape index (κ2) is 4.59. The van der Waals surface area contributed by atoms with Gasteiger partial charge in [0.25, 0.3) is 0 Å². The highest BCUT2D eigenvalue weighted by Crippen LogP contribution is 2.24. The van der Waals surface area contributed by atoms with Crippen molar-refractivity contribution in [2.24, 2.45) is 0 Å². The van der Waals surface area contributed by atoms with Crippen molar-refractivity contribution in [3.63, 3.8) is 0 Å². The molecule has 0 aliphatic rings. The smallest absolute Gasteiger partial charge is 0.180 e. The predicted molar refractivity (Wildman–Crippen MR) is 79.0 cm³/mol. The van der Waals surface area contributed by atoms with E-state index in [1.807, 2.05) is 31.1 Å². The maximum Gasteiger partial charge on any atom is 0.180 e. The van der Waals surface area contributed by atoms with E-state index in [2.05, 4.69) is 15.0 Å². The van der Waals surface area contributed by atoms with Gasteiger partial charge in [-0.3, -0.25) is 0 Å². The second-order valence-electron chi connectivity index (χ2n) is 4.94. The van der Waals surface area contributed by atoms with Gasteiger partial charge in [-0.2, -0.15) is 0 Å². The lowest BCUT2D eigenvalue weighted by Crippen LogP contribution is -2.10. The van der Waals surface area contributed by atoms with E-state index in [4.69, 9.17) is 4.42 Å². The molecule has 0 bridgehead atoms. The molecule has 3 aromatic rings. The van der Waals surface area contributed by atoms with Gasteiger partial charge in [-0.1, -0.05) is 0 Å². The van der Waals surface area contributed by atoms with E-state index in [1.165, 1.54) is 12.3 Å². The Morgan fingerprint density at radius 2 is 2.00 bits per heavy atom. The van der Waals surface area contributed by atoms with Gasteiger partial charge >= 0.3 is 0 Å². The summed E-state index contributed by atoms with van der Waals surface area (Å²) in [5.41, 5.74) is 1.31. The Hall–Kier alpha value is -2.35. The summed E-state index contributed by atoms with van der Waals surface area (Å²) < 4.78 is 28.2. The molecule has 3 heterocycles. The van der Waals surface area contributed by atoms with E-state index in [9.17, 15) is 8.42 Å². The van der Waals surface area contributed by atoms with Crippen LogP contribution in [0.4, 0.5) is 5.82 Å². The number of H-pyrrole nitrogens is 1. The fraction of sp³-hybridized carbons (Fsp3) is 0.231. The minimum absolute atomic E-state index is 0.125. The summed E-state index contributed by atoms with van der Waals surface area (Å²) in [7, 11) is 0.495. The number of fused-ring (bicyclic) bond motifs is 1. The van der Waals surface area contributed by atoms with E-state index in [1.54, 1.807) is 0 Å². The number of anilines is 1. The molecule has 0 saturated heterocycles. The first-order valence-electron chi connectivity index (χ1n) is 6.17. The monoisotopic (exact) mass is 306 g/mol. The average molecular weight is 306 g/mol. The van der Waals surface area contributed by atoms with Crippen LogP contribution in [0.15, 0.2) is 33.8 Å². The van der Waals surface area contributed by atoms with Crippen LogP contribution in [0.25, 0.3) is 22.7 Å². The molecule has 21 heavy (non-hydrogen) atoms. The van der Waals surface area contributed by atoms with Crippen molar-refractivity contribution in [3.8, 4) is 11.6 Å². The fourth-order valence-electron chi connectivity index (χ4n) is 1.89. The second-order valence-corrected chi connectivity index (χ2v) is 6.96. The fourth-order valence-corrected chi connectivity index (χ4v) is 2.43. The minimum Gasteiger partial charge on any atom is -0.460 e. The van der Waals surface area contributed by atoms with Crippen molar-refractivity contribution >= 4 is 26.8 Å². The lowest BCUT2D eigenvalue weighted by molar-refractivity contribution is 0.566. The van der Waals surface area contributed by atoms with Gasteiger partial charge in [-0.25, -0.2) is 18.4 Å². The summed E-state index contributed by atoms with van der Waals surface area (Å²) in [6, 6.07) is 5.18. The van der Waals surface area contributed by atoms with Crippen LogP contribution in [0.5, 0.6) is 0 Å². The number of hydrogen-bond acceptors (Lipinski definition) is 6. The van der Waals surface area contributed by atoms with Crippen LogP contribution in [-0.2, 0) is 9.84 Å². The van der Waals surface area contributed by atoms with Gasteiger partial charge in [0.05, 0.1) is 5.52 Å². The highest BCUT2D eigenvalue weighted by molar-refractivity contribution is 7.90. The van der Waals surface area contributed by atoms with Gasteiger partial charge < -0.3 is 14.3 Å². The lowest BCUT2D eigenvalue weighted by atomic mass is 10.4. The lowest BCUT2D eigenvalue weighted by Gasteiger charge is -2.09. The Labute approximate surface area is 121 Å². The van der Waals surface area contributed by atoms with E-state index >= 15 is 0 Å². The zero-order valence-corrected chi connectivity index (χ0v) is 12.6. The highest BCUT2D eigenvalue weighted by Gasteiger charge is 2.15. The maximum atomic E-state index is 11.5. The van der Waals surface area contributed by atoms with Crippen LogP contribution >= 0.6 is 0 Å². The summed E-state index contributed by atoms with van der Waals surface area (Å²) >= 11 is 0. The van der Waals surface area contributed by atoms with E-state index in [-0.39, 0.29) is 4.90 Å². The van der Waals surface area contributed by atoms with Gasteiger partial charge in [0.2, 0.25) is 0 Å². The largest absolute Gasteiger partial charge is 0.460 e. The molecule has 1 N–H and O–H groups in total. The van der Waals surface area contributed by atoms with Crippen LogP contribution in [0.1, 0.15) is 0 Å². The van der Waals surface area contributed by atoms with Gasteiger partial charge in [0, 0.05) is 26.4 Å². The van der Waals surface area contributed by atoms with E-state index in [0.29, 0.717) is 17.2 Å². The first-order chi connectivity index (χ1) is 9.84. The van der Waals surface area contributed by atoms with Crippen molar-refractivity contribution in [2.45, 2.75) is 4.90 Å². The normalized spacial score (nSPS) is 12.0. The Bertz CT molecular complexity index is 909. The Kier molecular flexibility index (Phi) is 2.98. The molecule has 0 aliphatic heterocycles. The number of imidazole rings is 1. The molecule has 8 heteroatoms. The molecule has 3 rings (SSSR count). The minimum atomic E-state index is -3.30. The molecule has 0 aliphatic carbocycles. The summed E-state index contributed by atoms with van der Waals surface area (Å²) in [6.45, 7) is 0.